The Morgan fingerprint density at radius 2 is 2.00 bits per heavy atom. The van der Waals surface area contributed by atoms with Crippen molar-refractivity contribution in [2.75, 3.05) is 11.4 Å². The van der Waals surface area contributed by atoms with Gasteiger partial charge < -0.3 is 9.32 Å². The molecular weight excluding hydrogens is 261 g/mol. The molecule has 0 atom stereocenters. The first-order valence-corrected chi connectivity index (χ1v) is 6.24. The highest BCUT2D eigenvalue weighted by Gasteiger charge is 2.12. The number of benzene rings is 1. The zero-order valence-corrected chi connectivity index (χ0v) is 11.1. The molecule has 0 saturated carbocycles. The standard InChI is InChI=1S/C14H16FN3O2/c1-2-18(11-5-3-10(15)4-6-11)9-12-7-8-13(20-12)14(19)17-16/h3-8H,2,9,16H2,1H3,(H,17,19). The van der Waals surface area contributed by atoms with Crippen molar-refractivity contribution in [1.29, 1.82) is 0 Å². The van der Waals surface area contributed by atoms with Gasteiger partial charge in [-0.2, -0.15) is 0 Å². The molecule has 5 nitrogen and oxygen atoms in total. The van der Waals surface area contributed by atoms with Crippen molar-refractivity contribution in [3.63, 3.8) is 0 Å². The van der Waals surface area contributed by atoms with Crippen LogP contribution in [0.15, 0.2) is 40.8 Å². The molecule has 0 fully saturated rings. The van der Waals surface area contributed by atoms with Gasteiger partial charge in [0.1, 0.15) is 11.6 Å². The second-order valence-corrected chi connectivity index (χ2v) is 4.23. The van der Waals surface area contributed by atoms with E-state index >= 15 is 0 Å². The number of hydrazine groups is 1. The van der Waals surface area contributed by atoms with Gasteiger partial charge in [0.15, 0.2) is 5.76 Å². The minimum absolute atomic E-state index is 0.164. The van der Waals surface area contributed by atoms with Gasteiger partial charge in [-0.05, 0) is 43.3 Å². The number of nitrogens with two attached hydrogens (primary N) is 1. The van der Waals surface area contributed by atoms with Crippen LogP contribution in [0.1, 0.15) is 23.2 Å². The molecule has 1 aromatic carbocycles. The summed E-state index contributed by atoms with van der Waals surface area (Å²) >= 11 is 0. The molecule has 0 saturated heterocycles. The molecule has 0 bridgehead atoms. The van der Waals surface area contributed by atoms with E-state index in [2.05, 4.69) is 0 Å². The monoisotopic (exact) mass is 277 g/mol. The first kappa shape index (κ1) is 14.1. The topological polar surface area (TPSA) is 71.5 Å². The van der Waals surface area contributed by atoms with E-state index in [-0.39, 0.29) is 11.6 Å². The lowest BCUT2D eigenvalue weighted by Crippen LogP contribution is -2.29. The number of nitrogens with one attached hydrogen (secondary N) is 1. The maximum absolute atomic E-state index is 12.9. The molecule has 0 aliphatic rings. The summed E-state index contributed by atoms with van der Waals surface area (Å²) in [5, 5.41) is 0. The second kappa shape index (κ2) is 6.21. The molecule has 0 spiro atoms. The largest absolute Gasteiger partial charge is 0.454 e. The fraction of sp³-hybridized carbons (Fsp3) is 0.214. The molecule has 6 heteroatoms. The van der Waals surface area contributed by atoms with Crippen LogP contribution in [-0.2, 0) is 6.54 Å². The zero-order chi connectivity index (χ0) is 14.5. The summed E-state index contributed by atoms with van der Waals surface area (Å²) < 4.78 is 18.3. The molecule has 20 heavy (non-hydrogen) atoms. The maximum Gasteiger partial charge on any atom is 0.300 e. The highest BCUT2D eigenvalue weighted by molar-refractivity contribution is 5.90. The molecule has 0 unspecified atom stereocenters. The van der Waals surface area contributed by atoms with Crippen molar-refractivity contribution in [3.8, 4) is 0 Å². The first-order valence-electron chi connectivity index (χ1n) is 6.24. The number of amides is 1. The molecule has 2 aromatic rings. The lowest BCUT2D eigenvalue weighted by atomic mass is 10.2. The first-order chi connectivity index (χ1) is 9.63. The van der Waals surface area contributed by atoms with Crippen LogP contribution in [0.2, 0.25) is 0 Å². The summed E-state index contributed by atoms with van der Waals surface area (Å²) in [7, 11) is 0. The average molecular weight is 277 g/mol. The Bertz CT molecular complexity index is 580. The molecule has 1 aromatic heterocycles. The molecule has 3 N–H and O–H groups in total. The Kier molecular flexibility index (Phi) is 4.37. The summed E-state index contributed by atoms with van der Waals surface area (Å²) in [5.74, 6) is 5.09. The van der Waals surface area contributed by atoms with Gasteiger partial charge >= 0.3 is 5.91 Å². The lowest BCUT2D eigenvalue weighted by Gasteiger charge is -2.21. The van der Waals surface area contributed by atoms with Gasteiger partial charge in [-0.1, -0.05) is 0 Å². The molecular formula is C14H16FN3O2. The van der Waals surface area contributed by atoms with Crippen molar-refractivity contribution < 1.29 is 13.6 Å². The second-order valence-electron chi connectivity index (χ2n) is 4.23. The van der Waals surface area contributed by atoms with Gasteiger partial charge in [0.2, 0.25) is 0 Å². The Hall–Kier alpha value is -2.34. The number of nitrogen functional groups attached to an aromatic ring is 1. The van der Waals surface area contributed by atoms with E-state index in [9.17, 15) is 9.18 Å². The van der Waals surface area contributed by atoms with E-state index in [0.717, 1.165) is 12.2 Å². The van der Waals surface area contributed by atoms with E-state index in [4.69, 9.17) is 10.3 Å². The van der Waals surface area contributed by atoms with Gasteiger partial charge in [0.05, 0.1) is 6.54 Å². The molecule has 2 rings (SSSR count). The Morgan fingerprint density at radius 3 is 2.60 bits per heavy atom. The summed E-state index contributed by atoms with van der Waals surface area (Å²) in [4.78, 5) is 13.3. The van der Waals surface area contributed by atoms with Crippen LogP contribution in [0.5, 0.6) is 0 Å². The van der Waals surface area contributed by atoms with Gasteiger partial charge in [-0.3, -0.25) is 10.2 Å². The van der Waals surface area contributed by atoms with Gasteiger partial charge in [-0.15, -0.1) is 0 Å². The number of halogens is 1. The van der Waals surface area contributed by atoms with Crippen LogP contribution in [0.25, 0.3) is 0 Å². The van der Waals surface area contributed by atoms with E-state index in [1.165, 1.54) is 12.1 Å². The van der Waals surface area contributed by atoms with Crippen LogP contribution in [0, 0.1) is 5.82 Å². The van der Waals surface area contributed by atoms with E-state index in [1.54, 1.807) is 24.3 Å². The van der Waals surface area contributed by atoms with Gasteiger partial charge in [-0.25, -0.2) is 10.2 Å². The smallest absolute Gasteiger partial charge is 0.300 e. The quantitative estimate of drug-likeness (QED) is 0.498. The normalized spacial score (nSPS) is 10.3. The third-order valence-corrected chi connectivity index (χ3v) is 2.94. The van der Waals surface area contributed by atoms with Crippen LogP contribution in [0.4, 0.5) is 10.1 Å². The van der Waals surface area contributed by atoms with Crippen molar-refractivity contribution in [3.05, 3.63) is 53.7 Å². The SMILES string of the molecule is CCN(Cc1ccc(C(=O)NN)o1)c1ccc(F)cc1. The van der Waals surface area contributed by atoms with Gasteiger partial charge in [0, 0.05) is 12.2 Å². The highest BCUT2D eigenvalue weighted by Crippen LogP contribution is 2.18. The van der Waals surface area contributed by atoms with Crippen LogP contribution in [-0.4, -0.2) is 12.5 Å². The number of rotatable bonds is 5. The minimum atomic E-state index is -0.471. The molecule has 0 aliphatic heterocycles. The molecule has 106 valence electrons. The highest BCUT2D eigenvalue weighted by atomic mass is 19.1. The van der Waals surface area contributed by atoms with E-state index in [0.29, 0.717) is 12.3 Å². The average Bonchev–Trinajstić information content (AvgIpc) is 2.93. The van der Waals surface area contributed by atoms with E-state index in [1.807, 2.05) is 17.2 Å². The number of hydrogen-bond donors (Lipinski definition) is 2. The molecule has 0 aliphatic carbocycles. The molecule has 1 heterocycles. The number of carbonyl (C=O) groups is 1. The summed E-state index contributed by atoms with van der Waals surface area (Å²) in [6.45, 7) is 3.20. The summed E-state index contributed by atoms with van der Waals surface area (Å²) in [6.07, 6.45) is 0. The van der Waals surface area contributed by atoms with Crippen molar-refractivity contribution >= 4 is 11.6 Å². The third-order valence-electron chi connectivity index (χ3n) is 2.94. The number of hydrogen-bond acceptors (Lipinski definition) is 4. The van der Waals surface area contributed by atoms with Crippen LogP contribution in [0.3, 0.4) is 0 Å². The molecule has 1 amide bonds. The fourth-order valence-corrected chi connectivity index (χ4v) is 1.88. The Balaban J connectivity index is 2.12. The number of nitrogens with zero attached hydrogens (tertiary/aromatic N) is 1. The summed E-state index contributed by atoms with van der Waals surface area (Å²) in [6, 6.07) is 9.51. The molecule has 0 radical (unpaired) electrons. The van der Waals surface area contributed by atoms with Crippen molar-refractivity contribution in [2.45, 2.75) is 13.5 Å². The maximum atomic E-state index is 12.9. The van der Waals surface area contributed by atoms with E-state index < -0.39 is 5.91 Å². The zero-order valence-electron chi connectivity index (χ0n) is 11.1. The predicted octanol–water partition coefficient (Wildman–Crippen LogP) is 2.05. The van der Waals surface area contributed by atoms with Crippen LogP contribution < -0.4 is 16.2 Å². The van der Waals surface area contributed by atoms with Crippen molar-refractivity contribution in [1.82, 2.24) is 5.43 Å². The third kappa shape index (κ3) is 3.16. The van der Waals surface area contributed by atoms with Crippen LogP contribution >= 0.6 is 0 Å². The number of carbonyl (C=O) groups excluding carboxylic acids is 1. The van der Waals surface area contributed by atoms with Gasteiger partial charge in [0.25, 0.3) is 0 Å². The fourth-order valence-electron chi connectivity index (χ4n) is 1.88. The Morgan fingerprint density at radius 1 is 1.30 bits per heavy atom. The summed E-state index contributed by atoms with van der Waals surface area (Å²) in [5.41, 5.74) is 2.90. The Labute approximate surface area is 116 Å². The van der Waals surface area contributed by atoms with Crippen molar-refractivity contribution in [2.24, 2.45) is 5.84 Å². The predicted molar refractivity (Wildman–Crippen MR) is 73.5 cm³/mol. The number of anilines is 1. The lowest BCUT2D eigenvalue weighted by molar-refractivity contribution is 0.0924. The number of furan rings is 1. The minimum Gasteiger partial charge on any atom is -0.454 e.